The Morgan fingerprint density at radius 1 is 1.05 bits per heavy atom. The van der Waals surface area contributed by atoms with E-state index in [1.165, 1.54) is 29.5 Å². The highest BCUT2D eigenvalue weighted by Gasteiger charge is 2.25. The Morgan fingerprint density at radius 2 is 1.82 bits per heavy atom. The molecule has 5 rings (SSSR count). The van der Waals surface area contributed by atoms with Crippen LogP contribution in [-0.2, 0) is 29.6 Å². The first kappa shape index (κ1) is 26.1. The summed E-state index contributed by atoms with van der Waals surface area (Å²) in [7, 11) is -4.13. The Bertz CT molecular complexity index is 1600. The van der Waals surface area contributed by atoms with Gasteiger partial charge in [-0.3, -0.25) is 4.79 Å². The molecule has 1 amide bonds. The molecular weight excluding hydrogens is 592 g/mol. The van der Waals surface area contributed by atoms with Crippen LogP contribution in [0.1, 0.15) is 27.2 Å². The lowest BCUT2D eigenvalue weighted by molar-refractivity contribution is 0.0978. The van der Waals surface area contributed by atoms with Gasteiger partial charge in [0.1, 0.15) is 12.4 Å². The van der Waals surface area contributed by atoms with Gasteiger partial charge in [-0.1, -0.05) is 57.9 Å². The van der Waals surface area contributed by atoms with Gasteiger partial charge in [-0.05, 0) is 60.0 Å². The minimum absolute atomic E-state index is 0.00121. The Kier molecular flexibility index (Phi) is 7.64. The third kappa shape index (κ3) is 5.98. The van der Waals surface area contributed by atoms with Crippen LogP contribution in [0.5, 0.6) is 5.75 Å². The van der Waals surface area contributed by atoms with E-state index in [0.29, 0.717) is 34.3 Å². The van der Waals surface area contributed by atoms with Gasteiger partial charge < -0.3 is 9.64 Å². The average molecular weight is 614 g/mol. The zero-order valence-electron chi connectivity index (χ0n) is 20.0. The average Bonchev–Trinajstić information content (AvgIpc) is 2.92. The summed E-state index contributed by atoms with van der Waals surface area (Å²) in [5, 5.41) is 0.560. The lowest BCUT2D eigenvalue weighted by Gasteiger charge is -2.29. The number of nitrogens with zero attached hydrogens (tertiary/aromatic N) is 3. The predicted octanol–water partition coefficient (Wildman–Crippen LogP) is 5.15. The summed E-state index contributed by atoms with van der Waals surface area (Å²) >= 11 is 9.22. The highest BCUT2D eigenvalue weighted by molar-refractivity contribution is 9.10. The molecule has 0 saturated carbocycles. The molecule has 1 aliphatic rings. The fraction of sp³-hybridized carbons (Fsp3) is 0.148. The van der Waals surface area contributed by atoms with Crippen LogP contribution in [0.2, 0.25) is 5.02 Å². The van der Waals surface area contributed by atoms with Crippen LogP contribution in [0.4, 0.5) is 5.95 Å². The van der Waals surface area contributed by atoms with Crippen LogP contribution >= 0.6 is 27.5 Å². The fourth-order valence-corrected chi connectivity index (χ4v) is 5.77. The first-order chi connectivity index (χ1) is 18.3. The number of carbonyl (C=O) groups excluding carboxylic acids is 1. The SMILES string of the molecule is O=C(NS(=O)(=O)c1cccc(Br)c1)c1cnc(N2CCc3ccccc3C2)nc1COc1ccc(Cl)cc1. The van der Waals surface area contributed by atoms with Crippen LogP contribution in [0, 0.1) is 0 Å². The van der Waals surface area contributed by atoms with E-state index in [1.807, 2.05) is 17.0 Å². The molecule has 0 fully saturated rings. The van der Waals surface area contributed by atoms with Crippen molar-refractivity contribution >= 4 is 49.4 Å². The molecule has 3 aromatic carbocycles. The van der Waals surface area contributed by atoms with Crippen LogP contribution in [-0.4, -0.2) is 30.8 Å². The van der Waals surface area contributed by atoms with Crippen LogP contribution in [0.15, 0.2) is 88.4 Å². The number of halogens is 2. The predicted molar refractivity (Wildman–Crippen MR) is 148 cm³/mol. The van der Waals surface area contributed by atoms with Gasteiger partial charge in [-0.25, -0.2) is 23.1 Å². The molecule has 0 atom stereocenters. The number of ether oxygens (including phenoxy) is 1. The van der Waals surface area contributed by atoms with Crippen molar-refractivity contribution in [2.75, 3.05) is 11.4 Å². The van der Waals surface area contributed by atoms with E-state index in [0.717, 1.165) is 6.42 Å². The molecule has 38 heavy (non-hydrogen) atoms. The van der Waals surface area contributed by atoms with Crippen molar-refractivity contribution in [1.82, 2.24) is 14.7 Å². The molecule has 1 aliphatic heterocycles. The molecule has 8 nitrogen and oxygen atoms in total. The zero-order valence-corrected chi connectivity index (χ0v) is 23.1. The monoisotopic (exact) mass is 612 g/mol. The minimum atomic E-state index is -4.13. The first-order valence-corrected chi connectivity index (χ1v) is 14.3. The summed E-state index contributed by atoms with van der Waals surface area (Å²) in [6, 6.07) is 21.0. The van der Waals surface area contributed by atoms with Gasteiger partial charge in [-0.15, -0.1) is 0 Å². The largest absolute Gasteiger partial charge is 0.487 e. The number of hydrogen-bond acceptors (Lipinski definition) is 7. The normalized spacial score (nSPS) is 13.1. The molecule has 4 aromatic rings. The Hall–Kier alpha value is -3.47. The highest BCUT2D eigenvalue weighted by Crippen LogP contribution is 2.24. The molecule has 11 heteroatoms. The number of rotatable bonds is 7. The molecule has 194 valence electrons. The maximum atomic E-state index is 13.2. The van der Waals surface area contributed by atoms with Crippen molar-refractivity contribution in [3.63, 3.8) is 0 Å². The lowest BCUT2D eigenvalue weighted by atomic mass is 10.0. The number of amides is 1. The molecule has 0 unspecified atom stereocenters. The van der Waals surface area contributed by atoms with Crippen molar-refractivity contribution in [3.05, 3.63) is 111 Å². The van der Waals surface area contributed by atoms with E-state index >= 15 is 0 Å². The van der Waals surface area contributed by atoms with Crippen molar-refractivity contribution < 1.29 is 17.9 Å². The minimum Gasteiger partial charge on any atom is -0.487 e. The summed E-state index contributed by atoms with van der Waals surface area (Å²) < 4.78 is 34.3. The Balaban J connectivity index is 1.44. The quantitative estimate of drug-likeness (QED) is 0.308. The third-order valence-corrected chi connectivity index (χ3v) is 8.11. The van der Waals surface area contributed by atoms with E-state index in [1.54, 1.807) is 36.4 Å². The second kappa shape index (κ2) is 11.1. The molecule has 2 heterocycles. The zero-order chi connectivity index (χ0) is 26.7. The van der Waals surface area contributed by atoms with Crippen molar-refractivity contribution in [1.29, 1.82) is 0 Å². The molecule has 0 spiro atoms. The summed E-state index contributed by atoms with van der Waals surface area (Å²) in [5.41, 5.74) is 2.72. The van der Waals surface area contributed by atoms with Gasteiger partial charge in [0.15, 0.2) is 0 Å². The number of fused-ring (bicyclic) bond motifs is 1. The second-order valence-electron chi connectivity index (χ2n) is 8.61. The summed E-state index contributed by atoms with van der Waals surface area (Å²) in [5.74, 6) is 0.102. The molecule has 0 radical (unpaired) electrons. The molecule has 1 aromatic heterocycles. The van der Waals surface area contributed by atoms with Gasteiger partial charge in [-0.2, -0.15) is 0 Å². The maximum Gasteiger partial charge on any atom is 0.268 e. The summed E-state index contributed by atoms with van der Waals surface area (Å²) in [4.78, 5) is 24.2. The first-order valence-electron chi connectivity index (χ1n) is 11.7. The van der Waals surface area contributed by atoms with Gasteiger partial charge in [0, 0.05) is 28.8 Å². The number of sulfonamides is 1. The summed E-state index contributed by atoms with van der Waals surface area (Å²) in [6.45, 7) is 1.25. The molecule has 0 aliphatic carbocycles. The fourth-order valence-electron chi connectivity index (χ4n) is 4.08. The number of aromatic nitrogens is 2. The smallest absolute Gasteiger partial charge is 0.268 e. The van der Waals surface area contributed by atoms with E-state index in [-0.39, 0.29) is 22.8 Å². The van der Waals surface area contributed by atoms with E-state index in [9.17, 15) is 13.2 Å². The van der Waals surface area contributed by atoms with Crippen LogP contribution in [0.3, 0.4) is 0 Å². The Labute approximate surface area is 233 Å². The van der Waals surface area contributed by atoms with Crippen molar-refractivity contribution in [2.45, 2.75) is 24.5 Å². The molecule has 0 bridgehead atoms. The maximum absolute atomic E-state index is 13.2. The number of anilines is 1. The van der Waals surface area contributed by atoms with Gasteiger partial charge in [0.25, 0.3) is 15.9 Å². The van der Waals surface area contributed by atoms with E-state index < -0.39 is 15.9 Å². The highest BCUT2D eigenvalue weighted by atomic mass is 79.9. The topological polar surface area (TPSA) is 101 Å². The van der Waals surface area contributed by atoms with E-state index in [2.05, 4.69) is 42.8 Å². The Morgan fingerprint density at radius 3 is 2.58 bits per heavy atom. The van der Waals surface area contributed by atoms with Gasteiger partial charge in [0.05, 0.1) is 16.2 Å². The van der Waals surface area contributed by atoms with Crippen LogP contribution < -0.4 is 14.4 Å². The van der Waals surface area contributed by atoms with Crippen LogP contribution in [0.25, 0.3) is 0 Å². The number of carbonyl (C=O) groups is 1. The van der Waals surface area contributed by atoms with Gasteiger partial charge >= 0.3 is 0 Å². The number of nitrogens with one attached hydrogen (secondary N) is 1. The lowest BCUT2D eigenvalue weighted by Crippen LogP contribution is -2.34. The van der Waals surface area contributed by atoms with Gasteiger partial charge in [0.2, 0.25) is 5.95 Å². The number of benzene rings is 3. The molecule has 0 saturated heterocycles. The van der Waals surface area contributed by atoms with Crippen molar-refractivity contribution in [3.8, 4) is 5.75 Å². The van der Waals surface area contributed by atoms with E-state index in [4.69, 9.17) is 16.3 Å². The number of hydrogen-bond donors (Lipinski definition) is 1. The van der Waals surface area contributed by atoms with Crippen molar-refractivity contribution in [2.24, 2.45) is 0 Å². The third-order valence-electron chi connectivity index (χ3n) is 6.04. The summed E-state index contributed by atoms with van der Waals surface area (Å²) in [6.07, 6.45) is 2.18. The molecular formula is C27H22BrClN4O4S. The second-order valence-corrected chi connectivity index (χ2v) is 11.6. The standard InChI is InChI=1S/C27H22BrClN4O4S/c28-20-6-3-7-23(14-20)38(35,36)32-26(34)24-15-30-27(33-13-12-18-4-1-2-5-19(18)16-33)31-25(24)17-37-22-10-8-21(29)9-11-22/h1-11,14-15H,12-13,16-17H2,(H,32,34). The molecule has 1 N–H and O–H groups in total.